The Morgan fingerprint density at radius 1 is 0.878 bits per heavy atom. The molecule has 1 aliphatic heterocycles. The summed E-state index contributed by atoms with van der Waals surface area (Å²) in [6.07, 6.45) is 3.79. The first-order chi connectivity index (χ1) is 23.2. The second-order valence-corrected chi connectivity index (χ2v) is 14.2. The van der Waals surface area contributed by atoms with Gasteiger partial charge in [0.15, 0.2) is 0 Å². The van der Waals surface area contributed by atoms with Crippen molar-refractivity contribution in [3.63, 3.8) is 0 Å². The number of ether oxygens (including phenoxy) is 2. The number of H-pyrrole nitrogens is 2. The van der Waals surface area contributed by atoms with Gasteiger partial charge in [-0.3, -0.25) is 4.90 Å². The van der Waals surface area contributed by atoms with Gasteiger partial charge in [0.1, 0.15) is 22.9 Å². The number of imidazole rings is 2. The van der Waals surface area contributed by atoms with Gasteiger partial charge in [0.05, 0.1) is 30.2 Å². The van der Waals surface area contributed by atoms with Crippen LogP contribution in [-0.4, -0.2) is 66.2 Å². The molecule has 10 heteroatoms. The van der Waals surface area contributed by atoms with Gasteiger partial charge >= 0.3 is 12.2 Å². The monoisotopic (exact) mass is 670 g/mol. The SMILES string of the molecule is CC.CCCN(Cc1nc(-c2ccc(-c3ccc(-c4cnc(C5CCCN5C(=O)OC(C)(C)C)[nH]4)cc3)cc2)c(C)[nH]1)C(=O)OC(C)(C)C. The lowest BCUT2D eigenvalue weighted by Crippen LogP contribution is -2.37. The van der Waals surface area contributed by atoms with Crippen molar-refractivity contribution in [2.24, 2.45) is 0 Å². The predicted molar refractivity (Wildman–Crippen MR) is 195 cm³/mol. The lowest BCUT2D eigenvalue weighted by molar-refractivity contribution is 0.0212. The lowest BCUT2D eigenvalue weighted by Gasteiger charge is -2.27. The molecule has 49 heavy (non-hydrogen) atoms. The molecule has 1 saturated heterocycles. The summed E-state index contributed by atoms with van der Waals surface area (Å²) in [6.45, 7) is 20.9. The average molecular weight is 671 g/mol. The summed E-state index contributed by atoms with van der Waals surface area (Å²) < 4.78 is 11.2. The number of aromatic nitrogens is 4. The van der Waals surface area contributed by atoms with E-state index in [1.54, 1.807) is 9.80 Å². The molecule has 0 spiro atoms. The molecule has 1 atom stereocenters. The summed E-state index contributed by atoms with van der Waals surface area (Å²) in [5.74, 6) is 1.51. The Labute approximate surface area is 291 Å². The van der Waals surface area contributed by atoms with Gasteiger partial charge < -0.3 is 24.3 Å². The fraction of sp³-hybridized carbons (Fsp3) is 0.487. The standard InChI is InChI=1S/C37H48N6O4.C2H6/c1-9-20-42(34(44)46-36(3,4)5)23-31-39-24(2)32(41-31)28-18-14-26(15-19-28)25-12-16-27(17-13-25)29-22-38-33(40-29)30-11-10-21-43(30)35(45)47-37(6,7)8;1-2/h12-19,22,30H,9-11,20-21,23H2,1-8H3,(H,38,40)(H,39,41);1-2H3. The van der Waals surface area contributed by atoms with Crippen molar-refractivity contribution in [3.8, 4) is 33.6 Å². The van der Waals surface area contributed by atoms with Gasteiger partial charge in [-0.2, -0.15) is 0 Å². The number of amides is 2. The number of benzene rings is 2. The maximum absolute atomic E-state index is 12.8. The van der Waals surface area contributed by atoms with Crippen LogP contribution < -0.4 is 0 Å². The van der Waals surface area contributed by atoms with E-state index in [-0.39, 0.29) is 18.2 Å². The molecule has 2 aromatic carbocycles. The number of rotatable bonds is 8. The van der Waals surface area contributed by atoms with Gasteiger partial charge in [-0.25, -0.2) is 19.6 Å². The van der Waals surface area contributed by atoms with Crippen LogP contribution in [0.2, 0.25) is 0 Å². The van der Waals surface area contributed by atoms with E-state index in [1.165, 1.54) is 0 Å². The van der Waals surface area contributed by atoms with Crippen LogP contribution in [0.1, 0.15) is 105 Å². The van der Waals surface area contributed by atoms with E-state index in [0.717, 1.165) is 70.2 Å². The quantitative estimate of drug-likeness (QED) is 0.193. The second kappa shape index (κ2) is 15.7. The van der Waals surface area contributed by atoms with E-state index in [0.29, 0.717) is 19.6 Å². The minimum Gasteiger partial charge on any atom is -0.444 e. The number of hydrogen-bond acceptors (Lipinski definition) is 6. The highest BCUT2D eigenvalue weighted by atomic mass is 16.6. The third kappa shape index (κ3) is 9.74. The third-order valence-electron chi connectivity index (χ3n) is 7.90. The van der Waals surface area contributed by atoms with Crippen molar-refractivity contribution in [3.05, 3.63) is 72.1 Å². The molecule has 2 N–H and O–H groups in total. The Kier molecular flexibility index (Phi) is 12.0. The van der Waals surface area contributed by atoms with E-state index >= 15 is 0 Å². The Morgan fingerprint density at radius 2 is 1.45 bits per heavy atom. The maximum Gasteiger partial charge on any atom is 0.410 e. The lowest BCUT2D eigenvalue weighted by atomic mass is 10.0. The molecule has 5 rings (SSSR count). The Balaban J connectivity index is 0.00000265. The maximum atomic E-state index is 12.8. The van der Waals surface area contributed by atoms with Crippen molar-refractivity contribution >= 4 is 12.2 Å². The van der Waals surface area contributed by atoms with Gasteiger partial charge in [-0.1, -0.05) is 69.3 Å². The highest BCUT2D eigenvalue weighted by Crippen LogP contribution is 2.33. The van der Waals surface area contributed by atoms with Crippen LogP contribution in [0.4, 0.5) is 9.59 Å². The van der Waals surface area contributed by atoms with E-state index < -0.39 is 11.2 Å². The zero-order valence-electron chi connectivity index (χ0n) is 30.9. The number of hydrogen-bond donors (Lipinski definition) is 2. The first-order valence-corrected chi connectivity index (χ1v) is 17.5. The highest BCUT2D eigenvalue weighted by Gasteiger charge is 2.35. The van der Waals surface area contributed by atoms with Crippen LogP contribution in [0.3, 0.4) is 0 Å². The summed E-state index contributed by atoms with van der Waals surface area (Å²) in [5, 5.41) is 0. The Morgan fingerprint density at radius 3 is 2.02 bits per heavy atom. The topological polar surface area (TPSA) is 116 Å². The van der Waals surface area contributed by atoms with Crippen molar-refractivity contribution in [1.29, 1.82) is 0 Å². The summed E-state index contributed by atoms with van der Waals surface area (Å²) in [5.41, 5.74) is 5.84. The van der Waals surface area contributed by atoms with Gasteiger partial charge in [0.2, 0.25) is 0 Å². The summed E-state index contributed by atoms with van der Waals surface area (Å²) >= 11 is 0. The van der Waals surface area contributed by atoms with Crippen LogP contribution in [0.15, 0.2) is 54.7 Å². The van der Waals surface area contributed by atoms with Gasteiger partial charge in [-0.15, -0.1) is 0 Å². The number of nitrogens with zero attached hydrogens (tertiary/aromatic N) is 4. The minimum atomic E-state index is -0.555. The van der Waals surface area contributed by atoms with E-state index in [9.17, 15) is 9.59 Å². The first kappa shape index (κ1) is 37.2. The zero-order chi connectivity index (χ0) is 35.9. The molecule has 0 radical (unpaired) electrons. The largest absolute Gasteiger partial charge is 0.444 e. The van der Waals surface area contributed by atoms with Crippen LogP contribution >= 0.6 is 0 Å². The van der Waals surface area contributed by atoms with Gasteiger partial charge in [-0.05, 0) is 84.4 Å². The molecule has 2 aromatic heterocycles. The zero-order valence-corrected chi connectivity index (χ0v) is 30.9. The van der Waals surface area contributed by atoms with E-state index in [1.807, 2.05) is 75.4 Å². The van der Waals surface area contributed by atoms with Crippen LogP contribution in [0, 0.1) is 6.92 Å². The van der Waals surface area contributed by atoms with Crippen LogP contribution in [0.5, 0.6) is 0 Å². The molecule has 2 amide bonds. The molecule has 0 saturated carbocycles. The molecule has 4 aromatic rings. The van der Waals surface area contributed by atoms with Gasteiger partial charge in [0.25, 0.3) is 0 Å². The molecular weight excluding hydrogens is 616 g/mol. The molecule has 0 bridgehead atoms. The molecule has 1 fully saturated rings. The molecule has 264 valence electrons. The van der Waals surface area contributed by atoms with Crippen LogP contribution in [0.25, 0.3) is 33.6 Å². The molecule has 0 aliphatic carbocycles. The van der Waals surface area contributed by atoms with Gasteiger partial charge in [0, 0.05) is 24.3 Å². The first-order valence-electron chi connectivity index (χ1n) is 17.5. The molecule has 1 unspecified atom stereocenters. The normalized spacial score (nSPS) is 14.7. The number of carbonyl (C=O) groups excluding carboxylic acids is 2. The number of likely N-dealkylation sites (tertiary alicyclic amines) is 1. The van der Waals surface area contributed by atoms with E-state index in [2.05, 4.69) is 63.5 Å². The predicted octanol–water partition coefficient (Wildman–Crippen LogP) is 9.69. The second-order valence-electron chi connectivity index (χ2n) is 14.2. The summed E-state index contributed by atoms with van der Waals surface area (Å²) in [7, 11) is 0. The molecule has 10 nitrogen and oxygen atoms in total. The third-order valence-corrected chi connectivity index (χ3v) is 7.90. The van der Waals surface area contributed by atoms with E-state index in [4.69, 9.17) is 14.5 Å². The van der Waals surface area contributed by atoms with Crippen molar-refractivity contribution < 1.29 is 19.1 Å². The molecule has 1 aliphatic rings. The fourth-order valence-electron chi connectivity index (χ4n) is 5.80. The Hall–Kier alpha value is -4.60. The number of carbonyl (C=O) groups is 2. The number of nitrogens with one attached hydrogen (secondary N) is 2. The summed E-state index contributed by atoms with van der Waals surface area (Å²) in [4.78, 5) is 45.3. The highest BCUT2D eigenvalue weighted by molar-refractivity contribution is 5.73. The molecular formula is C39H54N6O4. The smallest absolute Gasteiger partial charge is 0.410 e. The Bertz CT molecular complexity index is 1680. The summed E-state index contributed by atoms with van der Waals surface area (Å²) in [6, 6.07) is 16.6. The van der Waals surface area contributed by atoms with Crippen molar-refractivity contribution in [1.82, 2.24) is 29.7 Å². The van der Waals surface area contributed by atoms with Crippen molar-refractivity contribution in [2.45, 2.75) is 112 Å². The molecule has 3 heterocycles. The number of aryl methyl sites for hydroxylation is 1. The average Bonchev–Trinajstić information content (AvgIpc) is 3.80. The fourth-order valence-corrected chi connectivity index (χ4v) is 5.80. The van der Waals surface area contributed by atoms with Crippen LogP contribution in [-0.2, 0) is 16.0 Å². The number of aromatic amines is 2. The minimum absolute atomic E-state index is 0.120. The van der Waals surface area contributed by atoms with Crippen molar-refractivity contribution in [2.75, 3.05) is 13.1 Å².